The van der Waals surface area contributed by atoms with Crippen molar-refractivity contribution in [1.29, 1.82) is 0 Å². The summed E-state index contributed by atoms with van der Waals surface area (Å²) >= 11 is 1.21. The fourth-order valence-electron chi connectivity index (χ4n) is 3.98. The van der Waals surface area contributed by atoms with Crippen molar-refractivity contribution in [2.75, 3.05) is 56.5 Å². The van der Waals surface area contributed by atoms with Crippen LogP contribution in [0.1, 0.15) is 12.8 Å². The molecule has 1 unspecified atom stereocenters. The highest BCUT2D eigenvalue weighted by Crippen LogP contribution is 2.27. The van der Waals surface area contributed by atoms with Crippen LogP contribution in [-0.2, 0) is 14.8 Å². The van der Waals surface area contributed by atoms with E-state index in [1.807, 2.05) is 24.3 Å². The molecular formula is C21H28N4O3S2. The van der Waals surface area contributed by atoms with Crippen LogP contribution in [0.4, 0.5) is 11.4 Å². The van der Waals surface area contributed by atoms with Crippen molar-refractivity contribution in [3.63, 3.8) is 0 Å². The number of carbonyl (C=O) groups excluding carboxylic acids is 1. The maximum atomic E-state index is 12.8. The molecule has 162 valence electrons. The lowest BCUT2D eigenvalue weighted by Crippen LogP contribution is -2.44. The number of anilines is 2. The third kappa shape index (κ3) is 4.69. The van der Waals surface area contributed by atoms with Gasteiger partial charge in [0.2, 0.25) is 5.91 Å². The Morgan fingerprint density at radius 2 is 1.80 bits per heavy atom. The first kappa shape index (κ1) is 21.3. The van der Waals surface area contributed by atoms with Crippen LogP contribution < -0.4 is 10.2 Å². The molecule has 3 heterocycles. The summed E-state index contributed by atoms with van der Waals surface area (Å²) in [7, 11) is -1.38. The minimum Gasteiger partial charge on any atom is -0.369 e. The second-order valence-corrected chi connectivity index (χ2v) is 11.1. The lowest BCUT2D eigenvalue weighted by molar-refractivity contribution is -0.120. The molecule has 2 aliphatic heterocycles. The molecule has 0 spiro atoms. The van der Waals surface area contributed by atoms with Gasteiger partial charge in [-0.3, -0.25) is 4.79 Å². The molecule has 4 rings (SSSR count). The van der Waals surface area contributed by atoms with Crippen LogP contribution in [0.15, 0.2) is 46.0 Å². The number of nitrogens with one attached hydrogen (secondary N) is 1. The SMILES string of the molecule is CN1CCN(c2ccc(NC(=O)C3CCCN(S(=O)(=O)c4cccs4)C3)cc2)CC1. The third-order valence-corrected chi connectivity index (χ3v) is 9.09. The van der Waals surface area contributed by atoms with Gasteiger partial charge in [0, 0.05) is 50.6 Å². The molecule has 9 heteroatoms. The minimum absolute atomic E-state index is 0.117. The molecule has 30 heavy (non-hydrogen) atoms. The van der Waals surface area contributed by atoms with Crippen LogP contribution in [0.25, 0.3) is 0 Å². The summed E-state index contributed by atoms with van der Waals surface area (Å²) in [5, 5.41) is 4.73. The quantitative estimate of drug-likeness (QED) is 0.761. The van der Waals surface area contributed by atoms with Gasteiger partial charge < -0.3 is 15.1 Å². The molecule has 2 saturated heterocycles. The Kier molecular flexibility index (Phi) is 6.43. The van der Waals surface area contributed by atoms with E-state index in [-0.39, 0.29) is 18.4 Å². The second-order valence-electron chi connectivity index (χ2n) is 7.96. The number of hydrogen-bond donors (Lipinski definition) is 1. The Morgan fingerprint density at radius 3 is 2.47 bits per heavy atom. The summed E-state index contributed by atoms with van der Waals surface area (Å²) in [6.07, 6.45) is 1.38. The van der Waals surface area contributed by atoms with Crippen molar-refractivity contribution in [2.45, 2.75) is 17.1 Å². The normalized spacial score (nSPS) is 21.5. The van der Waals surface area contributed by atoms with Crippen molar-refractivity contribution in [3.8, 4) is 0 Å². The lowest BCUT2D eigenvalue weighted by atomic mass is 9.98. The van der Waals surface area contributed by atoms with E-state index in [0.717, 1.165) is 37.6 Å². The van der Waals surface area contributed by atoms with Crippen molar-refractivity contribution in [1.82, 2.24) is 9.21 Å². The zero-order valence-electron chi connectivity index (χ0n) is 17.2. The number of likely N-dealkylation sites (N-methyl/N-ethyl adjacent to an activating group) is 1. The summed E-state index contributed by atoms with van der Waals surface area (Å²) in [4.78, 5) is 17.5. The van der Waals surface area contributed by atoms with Crippen LogP contribution in [0.3, 0.4) is 0 Å². The molecule has 1 atom stereocenters. The highest BCUT2D eigenvalue weighted by molar-refractivity contribution is 7.91. The molecule has 7 nitrogen and oxygen atoms in total. The van der Waals surface area contributed by atoms with E-state index >= 15 is 0 Å². The molecule has 0 radical (unpaired) electrons. The molecule has 0 saturated carbocycles. The number of piperidine rings is 1. The maximum absolute atomic E-state index is 12.8. The summed E-state index contributed by atoms with van der Waals surface area (Å²) < 4.78 is 27.3. The summed E-state index contributed by atoms with van der Waals surface area (Å²) in [5.74, 6) is -0.459. The Hall–Kier alpha value is -1.94. The van der Waals surface area contributed by atoms with Gasteiger partial charge in [0.05, 0.1) is 5.92 Å². The Labute approximate surface area is 182 Å². The number of thiophene rings is 1. The largest absolute Gasteiger partial charge is 0.369 e. The highest BCUT2D eigenvalue weighted by Gasteiger charge is 2.33. The minimum atomic E-state index is -3.52. The standard InChI is InChI=1S/C21H28N4O3S2/c1-23-11-13-24(14-12-23)19-8-6-18(7-9-19)22-21(26)17-4-2-10-25(16-17)30(27,28)20-5-3-15-29-20/h3,5-9,15,17H,2,4,10-14,16H2,1H3,(H,22,26). The number of hydrogen-bond acceptors (Lipinski definition) is 6. The number of benzene rings is 1. The summed E-state index contributed by atoms with van der Waals surface area (Å²) in [6.45, 7) is 4.78. The molecule has 2 fully saturated rings. The average Bonchev–Trinajstić information content (AvgIpc) is 3.31. The first-order chi connectivity index (χ1) is 14.4. The van der Waals surface area contributed by atoms with Gasteiger partial charge in [0.25, 0.3) is 10.0 Å². The van der Waals surface area contributed by atoms with Crippen LogP contribution in [0, 0.1) is 5.92 Å². The van der Waals surface area contributed by atoms with Gasteiger partial charge in [-0.15, -0.1) is 11.3 Å². The smallest absolute Gasteiger partial charge is 0.252 e. The van der Waals surface area contributed by atoms with Gasteiger partial charge in [0.1, 0.15) is 4.21 Å². The van der Waals surface area contributed by atoms with Crippen molar-refractivity contribution in [3.05, 3.63) is 41.8 Å². The molecule has 0 aliphatic carbocycles. The monoisotopic (exact) mass is 448 g/mol. The fourth-order valence-corrected chi connectivity index (χ4v) is 6.65. The average molecular weight is 449 g/mol. The van der Waals surface area contributed by atoms with Gasteiger partial charge in [-0.05, 0) is 55.6 Å². The molecule has 2 aromatic rings. The number of piperazine rings is 1. The molecule has 1 amide bonds. The van der Waals surface area contributed by atoms with Gasteiger partial charge >= 0.3 is 0 Å². The van der Waals surface area contributed by atoms with E-state index in [2.05, 4.69) is 22.2 Å². The lowest BCUT2D eigenvalue weighted by Gasteiger charge is -2.34. The zero-order valence-corrected chi connectivity index (χ0v) is 18.8. The third-order valence-electron chi connectivity index (χ3n) is 5.85. The number of amides is 1. The van der Waals surface area contributed by atoms with E-state index in [0.29, 0.717) is 23.6 Å². The van der Waals surface area contributed by atoms with Gasteiger partial charge in [-0.25, -0.2) is 8.42 Å². The Bertz CT molecular complexity index is 953. The van der Waals surface area contributed by atoms with Gasteiger partial charge in [0.15, 0.2) is 0 Å². The van der Waals surface area contributed by atoms with Crippen LogP contribution in [0.2, 0.25) is 0 Å². The zero-order chi connectivity index (χ0) is 21.1. The number of sulfonamides is 1. The highest BCUT2D eigenvalue weighted by atomic mass is 32.2. The first-order valence-electron chi connectivity index (χ1n) is 10.3. The molecule has 0 bridgehead atoms. The number of carbonyl (C=O) groups is 1. The first-order valence-corrected chi connectivity index (χ1v) is 12.6. The van der Waals surface area contributed by atoms with Crippen LogP contribution in [0.5, 0.6) is 0 Å². The predicted octanol–water partition coefficient (Wildman–Crippen LogP) is 2.54. The second kappa shape index (κ2) is 9.05. The summed E-state index contributed by atoms with van der Waals surface area (Å²) in [5.41, 5.74) is 1.91. The molecule has 1 N–H and O–H groups in total. The van der Waals surface area contributed by atoms with Gasteiger partial charge in [-0.2, -0.15) is 4.31 Å². The Morgan fingerprint density at radius 1 is 1.07 bits per heavy atom. The van der Waals surface area contributed by atoms with E-state index in [4.69, 9.17) is 0 Å². The van der Waals surface area contributed by atoms with Crippen LogP contribution in [-0.4, -0.2) is 69.8 Å². The molecule has 2 aliphatic rings. The molecular weight excluding hydrogens is 420 g/mol. The Balaban J connectivity index is 1.36. The van der Waals surface area contributed by atoms with Crippen LogP contribution >= 0.6 is 11.3 Å². The number of nitrogens with zero attached hydrogens (tertiary/aromatic N) is 3. The van der Waals surface area contributed by atoms with E-state index in [1.54, 1.807) is 17.5 Å². The van der Waals surface area contributed by atoms with Gasteiger partial charge in [-0.1, -0.05) is 6.07 Å². The van der Waals surface area contributed by atoms with Crippen molar-refractivity contribution < 1.29 is 13.2 Å². The topological polar surface area (TPSA) is 73.0 Å². The maximum Gasteiger partial charge on any atom is 0.252 e. The molecule has 1 aromatic carbocycles. The predicted molar refractivity (Wildman–Crippen MR) is 121 cm³/mol. The summed E-state index contributed by atoms with van der Waals surface area (Å²) in [6, 6.07) is 11.3. The van der Waals surface area contributed by atoms with Crippen molar-refractivity contribution in [2.24, 2.45) is 5.92 Å². The van der Waals surface area contributed by atoms with E-state index in [9.17, 15) is 13.2 Å². The fraction of sp³-hybridized carbons (Fsp3) is 0.476. The molecule has 1 aromatic heterocycles. The number of rotatable bonds is 5. The van der Waals surface area contributed by atoms with E-state index in [1.165, 1.54) is 15.6 Å². The van der Waals surface area contributed by atoms with Crippen molar-refractivity contribution >= 4 is 38.6 Å². The van der Waals surface area contributed by atoms with E-state index < -0.39 is 10.0 Å².